The highest BCUT2D eigenvalue weighted by Gasteiger charge is 2.11. The number of anilines is 1. The molecule has 5 heteroatoms. The highest BCUT2D eigenvalue weighted by Crippen LogP contribution is 2.30. The van der Waals surface area contributed by atoms with Crippen molar-refractivity contribution in [2.75, 3.05) is 12.4 Å². The second-order valence-electron chi connectivity index (χ2n) is 4.26. The van der Waals surface area contributed by atoms with Crippen LogP contribution in [0.1, 0.15) is 15.9 Å². The van der Waals surface area contributed by atoms with Gasteiger partial charge >= 0.3 is 0 Å². The topological polar surface area (TPSA) is 38.3 Å². The molecule has 0 bridgehead atoms. The molecule has 0 fully saturated rings. The number of rotatable bonds is 3. The predicted octanol–water partition coefficient (Wildman–Crippen LogP) is 4.78. The van der Waals surface area contributed by atoms with Crippen molar-refractivity contribution in [2.45, 2.75) is 6.92 Å². The third kappa shape index (κ3) is 3.41. The first kappa shape index (κ1) is 15.1. The Morgan fingerprint density at radius 2 is 1.80 bits per heavy atom. The largest absolute Gasteiger partial charge is 0.497 e. The van der Waals surface area contributed by atoms with Crippen LogP contribution in [0.3, 0.4) is 0 Å². The maximum absolute atomic E-state index is 12.2. The van der Waals surface area contributed by atoms with Gasteiger partial charge in [-0.2, -0.15) is 0 Å². The standard InChI is InChI=1S/C15H13Br2NO2/c1-9-7-11(16)8-13(17)14(9)18-15(19)10-3-5-12(20-2)6-4-10/h3-8H,1-2H3,(H,18,19). The Balaban J connectivity index is 2.23. The average molecular weight is 399 g/mol. The number of halogens is 2. The molecule has 1 N–H and O–H groups in total. The fraction of sp³-hybridized carbons (Fsp3) is 0.133. The molecule has 0 spiro atoms. The van der Waals surface area contributed by atoms with Gasteiger partial charge in [0.15, 0.2) is 0 Å². The maximum atomic E-state index is 12.2. The Labute approximate surface area is 134 Å². The Hall–Kier alpha value is -1.33. The van der Waals surface area contributed by atoms with Gasteiger partial charge in [0.25, 0.3) is 5.91 Å². The molecule has 0 aliphatic heterocycles. The summed E-state index contributed by atoms with van der Waals surface area (Å²) in [4.78, 5) is 12.2. The van der Waals surface area contributed by atoms with Crippen molar-refractivity contribution in [2.24, 2.45) is 0 Å². The molecule has 0 radical (unpaired) electrons. The summed E-state index contributed by atoms with van der Waals surface area (Å²) in [6.45, 7) is 1.94. The van der Waals surface area contributed by atoms with E-state index in [-0.39, 0.29) is 5.91 Å². The summed E-state index contributed by atoms with van der Waals surface area (Å²) in [6, 6.07) is 10.8. The summed E-state index contributed by atoms with van der Waals surface area (Å²) in [5, 5.41) is 2.91. The van der Waals surface area contributed by atoms with Crippen LogP contribution in [0.4, 0.5) is 5.69 Å². The van der Waals surface area contributed by atoms with Crippen molar-refractivity contribution >= 4 is 43.5 Å². The molecule has 2 aromatic rings. The van der Waals surface area contributed by atoms with Gasteiger partial charge < -0.3 is 10.1 Å². The highest BCUT2D eigenvalue weighted by atomic mass is 79.9. The van der Waals surface area contributed by atoms with Gasteiger partial charge in [-0.3, -0.25) is 4.79 Å². The van der Waals surface area contributed by atoms with Crippen LogP contribution in [0.15, 0.2) is 45.3 Å². The summed E-state index contributed by atoms with van der Waals surface area (Å²) < 4.78 is 6.88. The van der Waals surface area contributed by atoms with Gasteiger partial charge in [-0.15, -0.1) is 0 Å². The summed E-state index contributed by atoms with van der Waals surface area (Å²) in [5.74, 6) is 0.571. The van der Waals surface area contributed by atoms with Gasteiger partial charge in [0.1, 0.15) is 5.75 Å². The predicted molar refractivity (Wildman–Crippen MR) is 87.5 cm³/mol. The summed E-state index contributed by atoms with van der Waals surface area (Å²) in [6.07, 6.45) is 0. The number of carbonyl (C=O) groups excluding carboxylic acids is 1. The van der Waals surface area contributed by atoms with Crippen molar-refractivity contribution in [3.8, 4) is 5.75 Å². The van der Waals surface area contributed by atoms with Crippen LogP contribution in [0, 0.1) is 6.92 Å². The number of hydrogen-bond acceptors (Lipinski definition) is 2. The number of nitrogens with one attached hydrogen (secondary N) is 1. The third-order valence-corrected chi connectivity index (χ3v) is 3.93. The van der Waals surface area contributed by atoms with E-state index >= 15 is 0 Å². The van der Waals surface area contributed by atoms with E-state index < -0.39 is 0 Å². The van der Waals surface area contributed by atoms with Crippen LogP contribution >= 0.6 is 31.9 Å². The van der Waals surface area contributed by atoms with Crippen molar-refractivity contribution in [1.82, 2.24) is 0 Å². The number of hydrogen-bond donors (Lipinski definition) is 1. The average Bonchev–Trinajstić information content (AvgIpc) is 2.42. The molecule has 1 amide bonds. The fourth-order valence-electron chi connectivity index (χ4n) is 1.79. The van der Waals surface area contributed by atoms with E-state index in [2.05, 4.69) is 37.2 Å². The SMILES string of the molecule is COc1ccc(C(=O)Nc2c(C)cc(Br)cc2Br)cc1. The van der Waals surface area contributed by atoms with Crippen LogP contribution < -0.4 is 10.1 Å². The van der Waals surface area contributed by atoms with Gasteiger partial charge in [0.05, 0.1) is 12.8 Å². The number of benzene rings is 2. The first-order valence-electron chi connectivity index (χ1n) is 5.92. The molecular formula is C15H13Br2NO2. The summed E-state index contributed by atoms with van der Waals surface area (Å²) in [7, 11) is 1.59. The normalized spacial score (nSPS) is 10.2. The van der Waals surface area contributed by atoms with Gasteiger partial charge in [-0.1, -0.05) is 15.9 Å². The molecule has 2 rings (SSSR count). The molecule has 0 aliphatic rings. The lowest BCUT2D eigenvalue weighted by atomic mass is 10.1. The van der Waals surface area contributed by atoms with Crippen molar-refractivity contribution in [3.05, 3.63) is 56.5 Å². The lowest BCUT2D eigenvalue weighted by Crippen LogP contribution is -2.13. The zero-order valence-corrected chi connectivity index (χ0v) is 14.2. The van der Waals surface area contributed by atoms with Crippen LogP contribution in [0.2, 0.25) is 0 Å². The van der Waals surface area contributed by atoms with Gasteiger partial charge in [0.2, 0.25) is 0 Å². The van der Waals surface area contributed by atoms with E-state index in [0.717, 1.165) is 25.9 Å². The van der Waals surface area contributed by atoms with Gasteiger partial charge in [0, 0.05) is 14.5 Å². The molecule has 0 unspecified atom stereocenters. The number of amides is 1. The smallest absolute Gasteiger partial charge is 0.255 e. The molecule has 0 aliphatic carbocycles. The third-order valence-electron chi connectivity index (χ3n) is 2.84. The van der Waals surface area contributed by atoms with E-state index in [1.165, 1.54) is 0 Å². The van der Waals surface area contributed by atoms with Crippen molar-refractivity contribution in [3.63, 3.8) is 0 Å². The lowest BCUT2D eigenvalue weighted by molar-refractivity contribution is 0.102. The fourth-order valence-corrected chi connectivity index (χ4v) is 3.33. The van der Waals surface area contributed by atoms with Gasteiger partial charge in [-0.25, -0.2) is 0 Å². The second-order valence-corrected chi connectivity index (χ2v) is 6.03. The minimum absolute atomic E-state index is 0.154. The zero-order chi connectivity index (χ0) is 14.7. The molecule has 0 saturated heterocycles. The van der Waals surface area contributed by atoms with E-state index in [4.69, 9.17) is 4.74 Å². The Kier molecular flexibility index (Phi) is 4.83. The van der Waals surface area contributed by atoms with Crippen LogP contribution in [0.25, 0.3) is 0 Å². The number of ether oxygens (including phenoxy) is 1. The molecular weight excluding hydrogens is 386 g/mol. The minimum atomic E-state index is -0.154. The highest BCUT2D eigenvalue weighted by molar-refractivity contribution is 9.11. The number of carbonyl (C=O) groups is 1. The summed E-state index contributed by atoms with van der Waals surface area (Å²) in [5.41, 5.74) is 2.34. The number of methoxy groups -OCH3 is 1. The molecule has 0 saturated carbocycles. The lowest BCUT2D eigenvalue weighted by Gasteiger charge is -2.11. The van der Waals surface area contributed by atoms with E-state index in [1.54, 1.807) is 31.4 Å². The first-order valence-corrected chi connectivity index (χ1v) is 7.51. The second kappa shape index (κ2) is 6.41. The van der Waals surface area contributed by atoms with Gasteiger partial charge in [-0.05, 0) is 64.8 Å². The minimum Gasteiger partial charge on any atom is -0.497 e. The maximum Gasteiger partial charge on any atom is 0.255 e. The molecule has 3 nitrogen and oxygen atoms in total. The molecule has 0 heterocycles. The first-order chi connectivity index (χ1) is 9.51. The Morgan fingerprint density at radius 1 is 1.15 bits per heavy atom. The molecule has 104 valence electrons. The van der Waals surface area contributed by atoms with E-state index in [0.29, 0.717) is 5.56 Å². The van der Waals surface area contributed by atoms with Crippen LogP contribution in [0.5, 0.6) is 5.75 Å². The van der Waals surface area contributed by atoms with Crippen LogP contribution in [-0.2, 0) is 0 Å². The quantitative estimate of drug-likeness (QED) is 0.807. The number of aryl methyl sites for hydroxylation is 1. The molecule has 0 atom stereocenters. The van der Waals surface area contributed by atoms with E-state index in [1.807, 2.05) is 19.1 Å². The summed E-state index contributed by atoms with van der Waals surface area (Å²) >= 11 is 6.87. The monoisotopic (exact) mass is 397 g/mol. The molecule has 2 aromatic carbocycles. The molecule has 20 heavy (non-hydrogen) atoms. The molecule has 0 aromatic heterocycles. The van der Waals surface area contributed by atoms with Crippen molar-refractivity contribution < 1.29 is 9.53 Å². The van der Waals surface area contributed by atoms with E-state index in [9.17, 15) is 4.79 Å². The zero-order valence-electron chi connectivity index (χ0n) is 11.0. The Bertz CT molecular complexity index is 616. The Morgan fingerprint density at radius 3 is 2.35 bits per heavy atom. The van der Waals surface area contributed by atoms with Crippen LogP contribution in [-0.4, -0.2) is 13.0 Å². The van der Waals surface area contributed by atoms with Crippen molar-refractivity contribution in [1.29, 1.82) is 0 Å².